The maximum atomic E-state index is 11.3. The molecule has 2 rings (SSSR count). The van der Waals surface area contributed by atoms with Crippen molar-refractivity contribution in [1.29, 1.82) is 0 Å². The third-order valence-electron chi connectivity index (χ3n) is 2.37. The minimum Gasteiger partial charge on any atom is -0.385 e. The molecule has 76 valence electrons. The quantitative estimate of drug-likeness (QED) is 0.753. The monoisotopic (exact) mass is 231 g/mol. The summed E-state index contributed by atoms with van der Waals surface area (Å²) in [6.45, 7) is 0.646. The second kappa shape index (κ2) is 3.44. The fourth-order valence-electron chi connectivity index (χ4n) is 1.72. The van der Waals surface area contributed by atoms with Crippen LogP contribution >= 0.6 is 10.7 Å². The molecule has 0 fully saturated rings. The Morgan fingerprint density at radius 2 is 2.07 bits per heavy atom. The molecule has 1 atom stereocenters. The largest absolute Gasteiger partial charge is 0.385 e. The van der Waals surface area contributed by atoms with Crippen molar-refractivity contribution >= 4 is 25.4 Å². The summed E-state index contributed by atoms with van der Waals surface area (Å²) in [6.07, 6.45) is 0.531. The summed E-state index contributed by atoms with van der Waals surface area (Å²) < 4.78 is 22.6. The number of nitrogens with one attached hydrogen (secondary N) is 1. The van der Waals surface area contributed by atoms with E-state index in [1.807, 2.05) is 18.2 Å². The van der Waals surface area contributed by atoms with Crippen LogP contribution in [0.3, 0.4) is 0 Å². The molecule has 0 aliphatic carbocycles. The van der Waals surface area contributed by atoms with Gasteiger partial charge in [0.2, 0.25) is 9.05 Å². The zero-order valence-corrected chi connectivity index (χ0v) is 8.98. The molecule has 1 unspecified atom stereocenters. The minimum atomic E-state index is -3.51. The van der Waals surface area contributed by atoms with E-state index in [9.17, 15) is 8.42 Å². The summed E-state index contributed by atoms with van der Waals surface area (Å²) in [4.78, 5) is 0. The first-order chi connectivity index (χ1) is 6.59. The van der Waals surface area contributed by atoms with Gasteiger partial charge in [-0.05, 0) is 18.1 Å². The summed E-state index contributed by atoms with van der Waals surface area (Å²) in [5.41, 5.74) is 1.64. The Morgan fingerprint density at radius 1 is 1.36 bits per heavy atom. The molecule has 0 saturated heterocycles. The van der Waals surface area contributed by atoms with Crippen LogP contribution in [0.4, 0.5) is 5.69 Å². The van der Waals surface area contributed by atoms with E-state index in [1.165, 1.54) is 0 Å². The fourth-order valence-corrected chi connectivity index (χ4v) is 3.19. The van der Waals surface area contributed by atoms with Crippen molar-refractivity contribution in [3.63, 3.8) is 0 Å². The van der Waals surface area contributed by atoms with Gasteiger partial charge in [0.1, 0.15) is 5.25 Å². The van der Waals surface area contributed by atoms with E-state index in [1.54, 1.807) is 6.07 Å². The summed E-state index contributed by atoms with van der Waals surface area (Å²) in [7, 11) is 1.88. The Morgan fingerprint density at radius 3 is 2.79 bits per heavy atom. The molecule has 1 aromatic carbocycles. The molecule has 3 nitrogen and oxygen atoms in total. The molecule has 0 bridgehead atoms. The Hall–Kier alpha value is -0.740. The number of hydrogen-bond donors (Lipinski definition) is 1. The molecule has 1 heterocycles. The van der Waals surface area contributed by atoms with E-state index in [0.29, 0.717) is 13.0 Å². The Labute approximate surface area is 87.5 Å². The molecule has 0 radical (unpaired) electrons. The molecule has 14 heavy (non-hydrogen) atoms. The third kappa shape index (κ3) is 1.72. The standard InChI is InChI=1S/C9H10ClNO2S/c10-14(12,13)9-5-6-11-8-4-2-1-3-7(8)9/h1-4,9,11H,5-6H2. The van der Waals surface area contributed by atoms with Crippen LogP contribution < -0.4 is 5.32 Å². The van der Waals surface area contributed by atoms with Gasteiger partial charge in [0.05, 0.1) is 0 Å². The molecule has 0 aromatic heterocycles. The zero-order valence-electron chi connectivity index (χ0n) is 7.40. The first kappa shape index (κ1) is 9.80. The van der Waals surface area contributed by atoms with Crippen LogP contribution in [0.1, 0.15) is 17.2 Å². The van der Waals surface area contributed by atoms with Gasteiger partial charge < -0.3 is 5.32 Å². The third-order valence-corrected chi connectivity index (χ3v) is 4.18. The summed E-state index contributed by atoms with van der Waals surface area (Å²) >= 11 is 0. The molecule has 1 aliphatic rings. The molecule has 0 saturated carbocycles. The van der Waals surface area contributed by atoms with E-state index >= 15 is 0 Å². The van der Waals surface area contributed by atoms with E-state index in [0.717, 1.165) is 11.3 Å². The van der Waals surface area contributed by atoms with E-state index in [-0.39, 0.29) is 0 Å². The van der Waals surface area contributed by atoms with Gasteiger partial charge >= 0.3 is 0 Å². The first-order valence-electron chi connectivity index (χ1n) is 4.35. The molecule has 1 N–H and O–H groups in total. The topological polar surface area (TPSA) is 46.2 Å². The SMILES string of the molecule is O=S(=O)(Cl)C1CCNc2ccccc21. The van der Waals surface area contributed by atoms with Crippen molar-refractivity contribution in [2.24, 2.45) is 0 Å². The van der Waals surface area contributed by atoms with Gasteiger partial charge in [-0.2, -0.15) is 0 Å². The molecule has 0 amide bonds. The fraction of sp³-hybridized carbons (Fsp3) is 0.333. The second-order valence-electron chi connectivity index (χ2n) is 3.27. The molecular formula is C9H10ClNO2S. The van der Waals surface area contributed by atoms with Crippen LogP contribution in [0.2, 0.25) is 0 Å². The summed E-state index contributed by atoms with van der Waals surface area (Å²) in [5.74, 6) is 0. The first-order valence-corrected chi connectivity index (χ1v) is 6.72. The average molecular weight is 232 g/mol. The highest BCUT2D eigenvalue weighted by Gasteiger charge is 2.29. The van der Waals surface area contributed by atoms with Crippen LogP contribution in [0.5, 0.6) is 0 Å². The molecule has 1 aromatic rings. The molecular weight excluding hydrogens is 222 g/mol. The van der Waals surface area contributed by atoms with Gasteiger partial charge in [-0.1, -0.05) is 18.2 Å². The lowest BCUT2D eigenvalue weighted by Crippen LogP contribution is -2.20. The van der Waals surface area contributed by atoms with Gasteiger partial charge in [-0.25, -0.2) is 8.42 Å². The predicted octanol–water partition coefficient (Wildman–Crippen LogP) is 2.11. The smallest absolute Gasteiger partial charge is 0.239 e. The Bertz CT molecular complexity index is 444. The maximum absolute atomic E-state index is 11.3. The number of benzene rings is 1. The average Bonchev–Trinajstić information content (AvgIpc) is 2.15. The van der Waals surface area contributed by atoms with E-state index in [4.69, 9.17) is 10.7 Å². The number of fused-ring (bicyclic) bond motifs is 1. The summed E-state index contributed by atoms with van der Waals surface area (Å²) in [5, 5.41) is 2.57. The van der Waals surface area contributed by atoms with Crippen molar-refractivity contribution < 1.29 is 8.42 Å². The number of hydrogen-bond acceptors (Lipinski definition) is 3. The van der Waals surface area contributed by atoms with Crippen molar-refractivity contribution in [3.05, 3.63) is 29.8 Å². The van der Waals surface area contributed by atoms with Gasteiger partial charge in [0.25, 0.3) is 0 Å². The van der Waals surface area contributed by atoms with Crippen LogP contribution in [-0.2, 0) is 9.05 Å². The normalized spacial score (nSPS) is 21.1. The maximum Gasteiger partial charge on any atom is 0.239 e. The van der Waals surface area contributed by atoms with Gasteiger partial charge in [0, 0.05) is 22.9 Å². The molecule has 5 heteroatoms. The summed E-state index contributed by atoms with van der Waals surface area (Å²) in [6, 6.07) is 7.35. The van der Waals surface area contributed by atoms with Gasteiger partial charge in [0.15, 0.2) is 0 Å². The van der Waals surface area contributed by atoms with E-state index in [2.05, 4.69) is 5.32 Å². The highest BCUT2D eigenvalue weighted by atomic mass is 35.7. The Balaban J connectivity index is 2.51. The highest BCUT2D eigenvalue weighted by Crippen LogP contribution is 2.36. The lowest BCUT2D eigenvalue weighted by atomic mass is 10.0. The number of halogens is 1. The lowest BCUT2D eigenvalue weighted by molar-refractivity contribution is 0.590. The zero-order chi connectivity index (χ0) is 10.2. The van der Waals surface area contributed by atoms with Crippen LogP contribution in [0.25, 0.3) is 0 Å². The number of anilines is 1. The van der Waals surface area contributed by atoms with Crippen molar-refractivity contribution in [2.45, 2.75) is 11.7 Å². The predicted molar refractivity (Wildman–Crippen MR) is 57.1 cm³/mol. The second-order valence-corrected chi connectivity index (χ2v) is 6.08. The number of para-hydroxylation sites is 1. The van der Waals surface area contributed by atoms with Gasteiger partial charge in [-0.3, -0.25) is 0 Å². The van der Waals surface area contributed by atoms with Crippen molar-refractivity contribution in [1.82, 2.24) is 0 Å². The number of rotatable bonds is 1. The van der Waals surface area contributed by atoms with Crippen LogP contribution in [0, 0.1) is 0 Å². The highest BCUT2D eigenvalue weighted by molar-refractivity contribution is 8.13. The van der Waals surface area contributed by atoms with Crippen molar-refractivity contribution in [3.8, 4) is 0 Å². The molecule has 1 aliphatic heterocycles. The van der Waals surface area contributed by atoms with Crippen molar-refractivity contribution in [2.75, 3.05) is 11.9 Å². The lowest BCUT2D eigenvalue weighted by Gasteiger charge is -2.24. The Kier molecular flexibility index (Phi) is 2.41. The van der Waals surface area contributed by atoms with Crippen LogP contribution in [0.15, 0.2) is 24.3 Å². The van der Waals surface area contributed by atoms with Crippen LogP contribution in [-0.4, -0.2) is 15.0 Å². The minimum absolute atomic E-state index is 0.531. The van der Waals surface area contributed by atoms with Gasteiger partial charge in [-0.15, -0.1) is 0 Å². The molecule has 0 spiro atoms. The van der Waals surface area contributed by atoms with E-state index < -0.39 is 14.3 Å².